The van der Waals surface area contributed by atoms with Crippen molar-refractivity contribution in [2.24, 2.45) is 5.92 Å². The average molecular weight is 539 g/mol. The molecular formula is C28H34N4O7. The Labute approximate surface area is 226 Å². The van der Waals surface area contributed by atoms with Crippen LogP contribution in [0.15, 0.2) is 49.2 Å². The molecule has 1 aliphatic carbocycles. The van der Waals surface area contributed by atoms with Gasteiger partial charge in [0.2, 0.25) is 11.8 Å². The Morgan fingerprint density at radius 1 is 1.23 bits per heavy atom. The molecule has 0 bridgehead atoms. The van der Waals surface area contributed by atoms with Gasteiger partial charge < -0.3 is 30.1 Å². The number of carboxylic acid groups (broad SMARTS) is 1. The van der Waals surface area contributed by atoms with Crippen molar-refractivity contribution in [2.45, 2.75) is 69.9 Å². The Morgan fingerprint density at radius 2 is 1.95 bits per heavy atom. The van der Waals surface area contributed by atoms with Gasteiger partial charge in [-0.05, 0) is 52.3 Å². The molecule has 1 aromatic heterocycles. The molecule has 11 heteroatoms. The molecule has 208 valence electrons. The van der Waals surface area contributed by atoms with E-state index in [1.165, 1.54) is 17.9 Å². The zero-order valence-corrected chi connectivity index (χ0v) is 22.5. The van der Waals surface area contributed by atoms with Crippen LogP contribution >= 0.6 is 0 Å². The summed E-state index contributed by atoms with van der Waals surface area (Å²) in [6, 6.07) is 7.13. The lowest BCUT2D eigenvalue weighted by Crippen LogP contribution is -2.56. The molecule has 1 saturated carbocycles. The van der Waals surface area contributed by atoms with Crippen molar-refractivity contribution in [1.82, 2.24) is 20.5 Å². The SMILES string of the molecule is C=CC1C[C@]1(NC(=O)[C@@H]1C[C@@H](Oc2ccnc3ccccc23)CN1C(=O)[C@H](C)NC(=O)OC(C)(C)C)C(=O)O. The summed E-state index contributed by atoms with van der Waals surface area (Å²) in [6.45, 7) is 10.3. The molecule has 2 heterocycles. The number of benzene rings is 1. The van der Waals surface area contributed by atoms with E-state index in [0.717, 1.165) is 10.9 Å². The lowest BCUT2D eigenvalue weighted by Gasteiger charge is -2.28. The van der Waals surface area contributed by atoms with Crippen molar-refractivity contribution in [1.29, 1.82) is 0 Å². The Balaban J connectivity index is 1.55. The lowest BCUT2D eigenvalue weighted by molar-refractivity contribution is -0.145. The highest BCUT2D eigenvalue weighted by atomic mass is 16.6. The zero-order valence-electron chi connectivity index (χ0n) is 22.5. The topological polar surface area (TPSA) is 147 Å². The Bertz CT molecular complexity index is 1300. The number of likely N-dealkylation sites (tertiary alicyclic amines) is 1. The van der Waals surface area contributed by atoms with Gasteiger partial charge in [0.1, 0.15) is 35.1 Å². The molecule has 2 aliphatic rings. The van der Waals surface area contributed by atoms with Crippen LogP contribution in [0.25, 0.3) is 10.9 Å². The first kappa shape index (κ1) is 27.9. The predicted octanol–water partition coefficient (Wildman–Crippen LogP) is 2.64. The van der Waals surface area contributed by atoms with Crippen molar-refractivity contribution in [3.8, 4) is 5.75 Å². The number of para-hydroxylation sites is 1. The third-order valence-electron chi connectivity index (χ3n) is 6.88. The minimum Gasteiger partial charge on any atom is -0.488 e. The first-order valence-corrected chi connectivity index (χ1v) is 12.8. The van der Waals surface area contributed by atoms with Crippen LogP contribution in [-0.4, -0.2) is 74.7 Å². The third kappa shape index (κ3) is 5.97. The number of alkyl carbamates (subject to hydrolysis) is 1. The van der Waals surface area contributed by atoms with Gasteiger partial charge in [-0.25, -0.2) is 9.59 Å². The Morgan fingerprint density at radius 3 is 2.59 bits per heavy atom. The highest BCUT2D eigenvalue weighted by Gasteiger charge is 2.61. The van der Waals surface area contributed by atoms with Crippen molar-refractivity contribution >= 4 is 34.8 Å². The normalized spacial score (nSPS) is 24.9. The van der Waals surface area contributed by atoms with Crippen LogP contribution < -0.4 is 15.4 Å². The number of rotatable bonds is 8. The first-order valence-electron chi connectivity index (χ1n) is 12.8. The van der Waals surface area contributed by atoms with E-state index in [-0.39, 0.29) is 19.4 Å². The van der Waals surface area contributed by atoms with Crippen molar-refractivity contribution < 1.29 is 33.8 Å². The second-order valence-electron chi connectivity index (χ2n) is 11.0. The summed E-state index contributed by atoms with van der Waals surface area (Å²) in [7, 11) is 0. The molecule has 5 atom stereocenters. The molecule has 1 aromatic carbocycles. The summed E-state index contributed by atoms with van der Waals surface area (Å²) in [5.41, 5.74) is -1.47. The standard InChI is InChI=1S/C28H34N4O7/c1-6-17-14-28(17,25(35)36)31-23(33)21-13-18(38-22-11-12-29-20-10-8-7-9-19(20)22)15-32(21)24(34)16(2)30-26(37)39-27(3,4)5/h6-12,16-18,21H,1,13-15H2,2-5H3,(H,30,37)(H,31,33)(H,35,36)/t16-,17?,18+,21-,28+/m0/s1. The molecule has 3 amide bonds. The van der Waals surface area contributed by atoms with E-state index < -0.39 is 59.1 Å². The quantitative estimate of drug-likeness (QED) is 0.435. The summed E-state index contributed by atoms with van der Waals surface area (Å²) in [6.07, 6.45) is 2.13. The van der Waals surface area contributed by atoms with E-state index in [2.05, 4.69) is 22.2 Å². The number of aromatic nitrogens is 1. The Kier molecular flexibility index (Phi) is 7.54. The van der Waals surface area contributed by atoms with E-state index in [1.807, 2.05) is 24.3 Å². The highest BCUT2D eigenvalue weighted by molar-refractivity contribution is 5.96. The molecule has 0 radical (unpaired) electrons. The molecule has 39 heavy (non-hydrogen) atoms. The van der Waals surface area contributed by atoms with Gasteiger partial charge in [0.05, 0.1) is 12.1 Å². The predicted molar refractivity (Wildman–Crippen MR) is 142 cm³/mol. The van der Waals surface area contributed by atoms with Gasteiger partial charge in [-0.15, -0.1) is 6.58 Å². The fourth-order valence-corrected chi connectivity index (χ4v) is 4.84. The van der Waals surface area contributed by atoms with Crippen LogP contribution in [-0.2, 0) is 19.1 Å². The van der Waals surface area contributed by atoms with Crippen molar-refractivity contribution in [2.75, 3.05) is 6.54 Å². The van der Waals surface area contributed by atoms with Crippen LogP contribution in [0, 0.1) is 5.92 Å². The second kappa shape index (κ2) is 10.5. The number of carbonyl (C=O) groups excluding carboxylic acids is 3. The number of pyridine rings is 1. The van der Waals surface area contributed by atoms with E-state index in [9.17, 15) is 24.3 Å². The molecule has 1 unspecified atom stereocenters. The number of nitrogens with one attached hydrogen (secondary N) is 2. The molecule has 3 N–H and O–H groups in total. The number of hydrogen-bond acceptors (Lipinski definition) is 7. The van der Waals surface area contributed by atoms with Gasteiger partial charge >= 0.3 is 12.1 Å². The molecular weight excluding hydrogens is 504 g/mol. The molecule has 2 aromatic rings. The molecule has 2 fully saturated rings. The number of carbonyl (C=O) groups is 4. The molecule has 4 rings (SSSR count). The lowest BCUT2D eigenvalue weighted by atomic mass is 10.1. The van der Waals surface area contributed by atoms with Gasteiger partial charge in [-0.3, -0.25) is 14.6 Å². The van der Waals surface area contributed by atoms with Crippen LogP contribution in [0.2, 0.25) is 0 Å². The number of fused-ring (bicyclic) bond motifs is 1. The largest absolute Gasteiger partial charge is 0.488 e. The molecule has 11 nitrogen and oxygen atoms in total. The molecule has 1 aliphatic heterocycles. The minimum absolute atomic E-state index is 0.0544. The summed E-state index contributed by atoms with van der Waals surface area (Å²) < 4.78 is 11.5. The van der Waals surface area contributed by atoms with Crippen LogP contribution in [0.1, 0.15) is 40.5 Å². The highest BCUT2D eigenvalue weighted by Crippen LogP contribution is 2.45. The monoisotopic (exact) mass is 538 g/mol. The molecule has 1 saturated heterocycles. The average Bonchev–Trinajstić information content (AvgIpc) is 3.42. The maximum Gasteiger partial charge on any atom is 0.408 e. The number of amides is 3. The van der Waals surface area contributed by atoms with Crippen molar-refractivity contribution in [3.05, 3.63) is 49.2 Å². The van der Waals surface area contributed by atoms with Gasteiger partial charge in [0.25, 0.3) is 0 Å². The summed E-state index contributed by atoms with van der Waals surface area (Å²) in [5, 5.41) is 15.7. The van der Waals surface area contributed by atoms with Crippen LogP contribution in [0.4, 0.5) is 4.79 Å². The van der Waals surface area contributed by atoms with Crippen LogP contribution in [0.5, 0.6) is 5.75 Å². The van der Waals surface area contributed by atoms with Gasteiger partial charge in [0.15, 0.2) is 0 Å². The first-order chi connectivity index (χ1) is 18.3. The van der Waals surface area contributed by atoms with Gasteiger partial charge in [-0.2, -0.15) is 0 Å². The maximum absolute atomic E-state index is 13.5. The third-order valence-corrected chi connectivity index (χ3v) is 6.88. The van der Waals surface area contributed by atoms with E-state index in [1.54, 1.807) is 33.0 Å². The second-order valence-corrected chi connectivity index (χ2v) is 11.0. The number of aliphatic carboxylic acids is 1. The zero-order chi connectivity index (χ0) is 28.5. The number of carboxylic acids is 1. The van der Waals surface area contributed by atoms with E-state index in [0.29, 0.717) is 5.75 Å². The smallest absolute Gasteiger partial charge is 0.408 e. The van der Waals surface area contributed by atoms with Gasteiger partial charge in [-0.1, -0.05) is 18.2 Å². The number of ether oxygens (including phenoxy) is 2. The fourth-order valence-electron chi connectivity index (χ4n) is 4.84. The maximum atomic E-state index is 13.5. The van der Waals surface area contributed by atoms with E-state index >= 15 is 0 Å². The molecule has 0 spiro atoms. The number of nitrogens with zero attached hydrogens (tertiary/aromatic N) is 2. The summed E-state index contributed by atoms with van der Waals surface area (Å²) in [5.74, 6) is -2.15. The van der Waals surface area contributed by atoms with Crippen molar-refractivity contribution in [3.63, 3.8) is 0 Å². The van der Waals surface area contributed by atoms with Crippen LogP contribution in [0.3, 0.4) is 0 Å². The van der Waals surface area contributed by atoms with E-state index in [4.69, 9.17) is 9.47 Å². The fraction of sp³-hybridized carbons (Fsp3) is 0.464. The minimum atomic E-state index is -1.45. The summed E-state index contributed by atoms with van der Waals surface area (Å²) in [4.78, 5) is 56.8. The summed E-state index contributed by atoms with van der Waals surface area (Å²) >= 11 is 0. The Hall–Kier alpha value is -4.15. The van der Waals surface area contributed by atoms with Gasteiger partial charge in [0, 0.05) is 23.9 Å². The number of hydrogen-bond donors (Lipinski definition) is 3.